The Balaban J connectivity index is 1.48. The molecule has 0 saturated carbocycles. The summed E-state index contributed by atoms with van der Waals surface area (Å²) >= 11 is 0. The summed E-state index contributed by atoms with van der Waals surface area (Å²) in [6.45, 7) is 5.91. The van der Waals surface area contributed by atoms with E-state index in [4.69, 9.17) is 9.47 Å². The minimum absolute atomic E-state index is 0.0790. The topological polar surface area (TPSA) is 94.2 Å². The molecule has 166 valence electrons. The third-order valence-electron chi connectivity index (χ3n) is 4.98. The molecular weight excluding hydrogens is 408 g/mol. The SMILES string of the molecule is Cc1cccc(CN=Nc2cc(N3CCOCC3)nc(OCCn3ccccc3=O)n2)c1. The smallest absolute Gasteiger partial charge is 0.320 e. The molecule has 1 aliphatic heterocycles. The fourth-order valence-electron chi connectivity index (χ4n) is 3.35. The summed E-state index contributed by atoms with van der Waals surface area (Å²) in [6, 6.07) is 15.2. The summed E-state index contributed by atoms with van der Waals surface area (Å²) in [4.78, 5) is 22.9. The van der Waals surface area contributed by atoms with Gasteiger partial charge in [-0.15, -0.1) is 5.11 Å². The summed E-state index contributed by atoms with van der Waals surface area (Å²) in [7, 11) is 0. The number of anilines is 1. The van der Waals surface area contributed by atoms with Crippen molar-refractivity contribution in [2.45, 2.75) is 20.0 Å². The van der Waals surface area contributed by atoms with Gasteiger partial charge in [0.1, 0.15) is 12.4 Å². The number of aromatic nitrogens is 3. The van der Waals surface area contributed by atoms with E-state index in [1.165, 1.54) is 11.6 Å². The lowest BCUT2D eigenvalue weighted by Gasteiger charge is -2.27. The van der Waals surface area contributed by atoms with Crippen LogP contribution in [0, 0.1) is 6.92 Å². The van der Waals surface area contributed by atoms with E-state index in [0.29, 0.717) is 32.1 Å². The molecule has 3 aromatic rings. The molecule has 1 saturated heterocycles. The predicted molar refractivity (Wildman–Crippen MR) is 121 cm³/mol. The van der Waals surface area contributed by atoms with Crippen molar-refractivity contribution in [3.05, 3.63) is 76.2 Å². The molecule has 0 atom stereocenters. The second kappa shape index (κ2) is 10.6. The van der Waals surface area contributed by atoms with Crippen molar-refractivity contribution in [3.8, 4) is 6.01 Å². The average Bonchev–Trinajstić information content (AvgIpc) is 2.81. The first-order valence-corrected chi connectivity index (χ1v) is 10.6. The molecule has 1 fully saturated rings. The van der Waals surface area contributed by atoms with Crippen LogP contribution in [0.4, 0.5) is 11.6 Å². The fourth-order valence-corrected chi connectivity index (χ4v) is 3.35. The van der Waals surface area contributed by atoms with Crippen LogP contribution in [0.25, 0.3) is 0 Å². The van der Waals surface area contributed by atoms with Crippen LogP contribution in [0.3, 0.4) is 0 Å². The molecule has 3 heterocycles. The maximum absolute atomic E-state index is 11.9. The van der Waals surface area contributed by atoms with Crippen LogP contribution in [-0.2, 0) is 17.8 Å². The van der Waals surface area contributed by atoms with Gasteiger partial charge in [-0.1, -0.05) is 35.9 Å². The van der Waals surface area contributed by atoms with Crippen LogP contribution in [0.1, 0.15) is 11.1 Å². The number of hydrogen-bond acceptors (Lipinski definition) is 8. The molecular formula is C23H26N6O3. The van der Waals surface area contributed by atoms with Gasteiger partial charge in [0, 0.05) is 31.4 Å². The first kappa shape index (κ1) is 21.6. The summed E-state index contributed by atoms with van der Waals surface area (Å²) in [6.07, 6.45) is 1.72. The van der Waals surface area contributed by atoms with Crippen molar-refractivity contribution in [1.29, 1.82) is 0 Å². The van der Waals surface area contributed by atoms with Gasteiger partial charge < -0.3 is 18.9 Å². The van der Waals surface area contributed by atoms with Gasteiger partial charge in [0.05, 0.1) is 26.3 Å². The first-order valence-electron chi connectivity index (χ1n) is 10.6. The van der Waals surface area contributed by atoms with Crippen LogP contribution in [0.2, 0.25) is 0 Å². The Morgan fingerprint density at radius 3 is 2.78 bits per heavy atom. The lowest BCUT2D eigenvalue weighted by atomic mass is 10.1. The van der Waals surface area contributed by atoms with Gasteiger partial charge in [-0.05, 0) is 18.6 Å². The Morgan fingerprint density at radius 2 is 1.97 bits per heavy atom. The lowest BCUT2D eigenvalue weighted by molar-refractivity contribution is 0.122. The standard InChI is InChI=1S/C23H26N6O3/c1-18-5-4-6-19(15-18)17-24-27-20-16-21(28-9-12-31-13-10-28)26-23(25-20)32-14-11-29-8-3-2-7-22(29)30/h2-8,15-16H,9-14,17H2,1H3. The molecule has 4 rings (SSSR count). The van der Waals surface area contributed by atoms with E-state index in [9.17, 15) is 4.79 Å². The number of benzene rings is 1. The molecule has 0 amide bonds. The Morgan fingerprint density at radius 1 is 1.09 bits per heavy atom. The Hall–Kier alpha value is -3.59. The van der Waals surface area contributed by atoms with E-state index in [2.05, 4.69) is 31.2 Å². The Bertz CT molecular complexity index is 1120. The zero-order valence-electron chi connectivity index (χ0n) is 18.1. The highest BCUT2D eigenvalue weighted by Gasteiger charge is 2.15. The molecule has 1 aromatic carbocycles. The monoisotopic (exact) mass is 434 g/mol. The number of hydrogen-bond donors (Lipinski definition) is 0. The highest BCUT2D eigenvalue weighted by Crippen LogP contribution is 2.23. The van der Waals surface area contributed by atoms with Gasteiger partial charge in [0.2, 0.25) is 0 Å². The van der Waals surface area contributed by atoms with E-state index in [1.807, 2.05) is 31.2 Å². The Kier molecular flexibility index (Phi) is 7.19. The van der Waals surface area contributed by atoms with Crippen LogP contribution < -0.4 is 15.2 Å². The van der Waals surface area contributed by atoms with E-state index in [1.54, 1.807) is 22.9 Å². The van der Waals surface area contributed by atoms with Gasteiger partial charge in [0.25, 0.3) is 5.56 Å². The number of pyridine rings is 1. The maximum atomic E-state index is 11.9. The number of azo groups is 1. The van der Waals surface area contributed by atoms with Crippen LogP contribution in [0.15, 0.2) is 69.8 Å². The molecule has 9 heteroatoms. The van der Waals surface area contributed by atoms with Gasteiger partial charge >= 0.3 is 6.01 Å². The first-order chi connectivity index (χ1) is 15.7. The molecule has 0 radical (unpaired) electrons. The quantitative estimate of drug-likeness (QED) is 0.506. The van der Waals surface area contributed by atoms with E-state index >= 15 is 0 Å². The highest BCUT2D eigenvalue weighted by molar-refractivity contribution is 5.47. The second-order valence-corrected chi connectivity index (χ2v) is 7.44. The summed E-state index contributed by atoms with van der Waals surface area (Å²) in [5.41, 5.74) is 2.19. The predicted octanol–water partition coefficient (Wildman–Crippen LogP) is 3.15. The van der Waals surface area contributed by atoms with Gasteiger partial charge in [-0.3, -0.25) is 4.79 Å². The highest BCUT2D eigenvalue weighted by atomic mass is 16.5. The molecule has 32 heavy (non-hydrogen) atoms. The number of nitrogens with zero attached hydrogens (tertiary/aromatic N) is 6. The summed E-state index contributed by atoms with van der Waals surface area (Å²) in [5, 5.41) is 8.62. The maximum Gasteiger partial charge on any atom is 0.320 e. The van der Waals surface area contributed by atoms with E-state index in [-0.39, 0.29) is 18.2 Å². The lowest BCUT2D eigenvalue weighted by Crippen LogP contribution is -2.36. The second-order valence-electron chi connectivity index (χ2n) is 7.44. The molecule has 0 aliphatic carbocycles. The number of rotatable bonds is 8. The van der Waals surface area contributed by atoms with Crippen molar-refractivity contribution in [2.75, 3.05) is 37.8 Å². The zero-order valence-corrected chi connectivity index (χ0v) is 18.1. The van der Waals surface area contributed by atoms with Crippen molar-refractivity contribution in [3.63, 3.8) is 0 Å². The molecule has 0 bridgehead atoms. The molecule has 0 N–H and O–H groups in total. The molecule has 0 unspecified atom stereocenters. The Labute approximate surface area is 186 Å². The third kappa shape index (κ3) is 5.98. The average molecular weight is 435 g/mol. The molecule has 1 aliphatic rings. The van der Waals surface area contributed by atoms with Crippen LogP contribution in [-0.4, -0.2) is 47.4 Å². The van der Waals surface area contributed by atoms with E-state index in [0.717, 1.165) is 24.5 Å². The number of aryl methyl sites for hydroxylation is 1. The molecule has 9 nitrogen and oxygen atoms in total. The van der Waals surface area contributed by atoms with Crippen molar-refractivity contribution >= 4 is 11.6 Å². The molecule has 0 spiro atoms. The minimum atomic E-state index is -0.0790. The van der Waals surface area contributed by atoms with Gasteiger partial charge in [-0.2, -0.15) is 15.1 Å². The van der Waals surface area contributed by atoms with E-state index < -0.39 is 0 Å². The molecule has 2 aromatic heterocycles. The third-order valence-corrected chi connectivity index (χ3v) is 4.98. The van der Waals surface area contributed by atoms with Crippen molar-refractivity contribution < 1.29 is 9.47 Å². The van der Waals surface area contributed by atoms with Gasteiger partial charge in [0.15, 0.2) is 5.82 Å². The fraction of sp³-hybridized carbons (Fsp3) is 0.348. The van der Waals surface area contributed by atoms with Gasteiger partial charge in [-0.25, -0.2) is 0 Å². The summed E-state index contributed by atoms with van der Waals surface area (Å²) in [5.74, 6) is 1.15. The number of morpholine rings is 1. The normalized spacial score (nSPS) is 14.1. The van der Waals surface area contributed by atoms with Crippen LogP contribution in [0.5, 0.6) is 6.01 Å². The largest absolute Gasteiger partial charge is 0.461 e. The number of ether oxygens (including phenoxy) is 2. The minimum Gasteiger partial charge on any atom is -0.461 e. The zero-order chi connectivity index (χ0) is 22.2. The summed E-state index contributed by atoms with van der Waals surface area (Å²) < 4.78 is 12.8. The van der Waals surface area contributed by atoms with Crippen molar-refractivity contribution in [2.24, 2.45) is 10.2 Å². The van der Waals surface area contributed by atoms with Crippen LogP contribution >= 0.6 is 0 Å². The van der Waals surface area contributed by atoms with Crippen molar-refractivity contribution in [1.82, 2.24) is 14.5 Å².